The zero-order valence-electron chi connectivity index (χ0n) is 12.9. The highest BCUT2D eigenvalue weighted by molar-refractivity contribution is 8.13. The Labute approximate surface area is 137 Å². The van der Waals surface area contributed by atoms with Crippen molar-refractivity contribution in [2.75, 3.05) is 11.1 Å². The molecule has 3 N–H and O–H groups in total. The Bertz CT molecular complexity index is 773. The van der Waals surface area contributed by atoms with E-state index < -0.39 is 5.54 Å². The van der Waals surface area contributed by atoms with Gasteiger partial charge in [-0.15, -0.1) is 0 Å². The highest BCUT2D eigenvalue weighted by Gasteiger charge is 2.31. The predicted octanol–water partition coefficient (Wildman–Crippen LogP) is 2.30. The molecule has 2 aromatic heterocycles. The number of oxazole rings is 1. The van der Waals surface area contributed by atoms with Gasteiger partial charge in [-0.25, -0.2) is 9.98 Å². The number of hydrogen-bond acceptors (Lipinski definition) is 7. The van der Waals surface area contributed by atoms with Crippen molar-refractivity contribution >= 4 is 28.5 Å². The van der Waals surface area contributed by atoms with Crippen molar-refractivity contribution in [1.29, 1.82) is 0 Å². The predicted molar refractivity (Wildman–Crippen MR) is 89.5 cm³/mol. The lowest BCUT2D eigenvalue weighted by Crippen LogP contribution is -2.29. The van der Waals surface area contributed by atoms with Crippen molar-refractivity contribution in [1.82, 2.24) is 9.97 Å². The monoisotopic (exact) mass is 331 g/mol. The maximum atomic E-state index is 12.1. The maximum absolute atomic E-state index is 12.1. The molecule has 8 heteroatoms. The number of nitrogens with two attached hydrogens (primary N) is 1. The van der Waals surface area contributed by atoms with Crippen LogP contribution in [0.4, 0.5) is 5.69 Å². The second-order valence-corrected chi connectivity index (χ2v) is 6.57. The fourth-order valence-corrected chi connectivity index (χ4v) is 3.31. The number of carbonyl (C=O) groups is 1. The molecule has 3 rings (SSSR count). The van der Waals surface area contributed by atoms with Crippen LogP contribution < -0.4 is 11.1 Å². The molecule has 7 nitrogen and oxygen atoms in total. The smallest absolute Gasteiger partial charge is 0.277 e. The number of amidine groups is 1. The molecule has 1 aliphatic heterocycles. The van der Waals surface area contributed by atoms with Crippen molar-refractivity contribution < 1.29 is 9.21 Å². The zero-order chi connectivity index (χ0) is 16.4. The number of carbonyl (C=O) groups excluding carboxylic acids is 1. The maximum Gasteiger partial charge on any atom is 0.277 e. The van der Waals surface area contributed by atoms with Gasteiger partial charge in [-0.1, -0.05) is 11.8 Å². The van der Waals surface area contributed by atoms with Crippen LogP contribution in [0.2, 0.25) is 0 Å². The summed E-state index contributed by atoms with van der Waals surface area (Å²) in [5, 5.41) is 3.36. The summed E-state index contributed by atoms with van der Waals surface area (Å²) in [6, 6.07) is 3.54. The van der Waals surface area contributed by atoms with Crippen LogP contribution in [0, 0.1) is 6.92 Å². The molecule has 1 aliphatic rings. The number of thioether (sulfide) groups is 1. The van der Waals surface area contributed by atoms with Crippen LogP contribution in [0.3, 0.4) is 0 Å². The lowest BCUT2D eigenvalue weighted by molar-refractivity contribution is 0.102. The summed E-state index contributed by atoms with van der Waals surface area (Å²) in [7, 11) is 0. The Hall–Kier alpha value is -2.35. The van der Waals surface area contributed by atoms with E-state index in [-0.39, 0.29) is 11.6 Å². The van der Waals surface area contributed by atoms with Crippen LogP contribution in [-0.4, -0.2) is 26.8 Å². The van der Waals surface area contributed by atoms with Gasteiger partial charge in [-0.2, -0.15) is 0 Å². The molecule has 0 saturated carbocycles. The number of aromatic nitrogens is 2. The largest absolute Gasteiger partial charge is 0.448 e. The van der Waals surface area contributed by atoms with E-state index in [1.807, 2.05) is 13.0 Å². The summed E-state index contributed by atoms with van der Waals surface area (Å²) in [6.45, 7) is 3.68. The Balaban J connectivity index is 1.83. The summed E-state index contributed by atoms with van der Waals surface area (Å²) in [5.41, 5.74) is 7.02. The molecule has 23 heavy (non-hydrogen) atoms. The minimum absolute atomic E-state index is 0.239. The lowest BCUT2D eigenvalue weighted by Gasteiger charge is -2.28. The minimum atomic E-state index is -0.472. The van der Waals surface area contributed by atoms with Gasteiger partial charge in [0, 0.05) is 24.6 Å². The van der Waals surface area contributed by atoms with Gasteiger partial charge in [0.15, 0.2) is 16.8 Å². The first kappa shape index (κ1) is 15.5. The molecule has 2 aromatic rings. The molecule has 0 fully saturated rings. The molecule has 0 aromatic carbocycles. The molecule has 120 valence electrons. The molecular formula is C15H17N5O2S. The third-order valence-corrected chi connectivity index (χ3v) is 4.41. The van der Waals surface area contributed by atoms with Gasteiger partial charge in [0.2, 0.25) is 0 Å². The molecule has 0 unspecified atom stereocenters. The molecule has 1 atom stereocenters. The van der Waals surface area contributed by atoms with E-state index in [1.165, 1.54) is 6.26 Å². The Morgan fingerprint density at radius 2 is 2.35 bits per heavy atom. The molecule has 0 bridgehead atoms. The quantitative estimate of drug-likeness (QED) is 0.894. The van der Waals surface area contributed by atoms with Crippen LogP contribution >= 0.6 is 11.8 Å². The average Bonchev–Trinajstić information content (AvgIpc) is 2.94. The number of nitrogens with zero attached hydrogens (tertiary/aromatic N) is 3. The van der Waals surface area contributed by atoms with Gasteiger partial charge in [0.25, 0.3) is 5.91 Å². The summed E-state index contributed by atoms with van der Waals surface area (Å²) in [5.74, 6) is 1.01. The van der Waals surface area contributed by atoms with Crippen LogP contribution in [0.1, 0.15) is 35.4 Å². The van der Waals surface area contributed by atoms with Gasteiger partial charge in [0.05, 0.1) is 5.69 Å². The van der Waals surface area contributed by atoms with E-state index in [9.17, 15) is 4.79 Å². The molecule has 0 saturated heterocycles. The topological polar surface area (TPSA) is 106 Å². The van der Waals surface area contributed by atoms with Crippen LogP contribution in [-0.2, 0) is 5.54 Å². The molecular weight excluding hydrogens is 314 g/mol. The van der Waals surface area contributed by atoms with E-state index in [1.54, 1.807) is 30.9 Å². The first-order valence-corrected chi connectivity index (χ1v) is 8.13. The number of aryl methyl sites for hydroxylation is 1. The number of rotatable bonds is 3. The van der Waals surface area contributed by atoms with Crippen LogP contribution in [0.5, 0.6) is 0 Å². The number of anilines is 1. The third-order valence-electron chi connectivity index (χ3n) is 3.62. The summed E-state index contributed by atoms with van der Waals surface area (Å²) in [6.07, 6.45) is 3.82. The van der Waals surface area contributed by atoms with Crippen molar-refractivity contribution in [3.8, 4) is 0 Å². The minimum Gasteiger partial charge on any atom is -0.448 e. The van der Waals surface area contributed by atoms with Crippen LogP contribution in [0.25, 0.3) is 0 Å². The van der Waals surface area contributed by atoms with E-state index in [0.29, 0.717) is 16.7 Å². The number of amides is 1. The first-order chi connectivity index (χ1) is 11.0. The highest BCUT2D eigenvalue weighted by atomic mass is 32.2. The van der Waals surface area contributed by atoms with Crippen molar-refractivity contribution in [3.05, 3.63) is 41.9 Å². The number of pyridine rings is 1. The number of nitrogens with one attached hydrogen (secondary N) is 1. The van der Waals surface area contributed by atoms with E-state index in [2.05, 4.69) is 20.3 Å². The third kappa shape index (κ3) is 3.37. The SMILES string of the molecule is Cc1nc(C(=O)Nc2ccnc([C@]3(C)CCSC(N)=N3)c2)co1. The highest BCUT2D eigenvalue weighted by Crippen LogP contribution is 2.34. The second-order valence-electron chi connectivity index (χ2n) is 5.46. The molecule has 1 amide bonds. The average molecular weight is 331 g/mol. The van der Waals surface area contributed by atoms with E-state index in [0.717, 1.165) is 17.9 Å². The van der Waals surface area contributed by atoms with Gasteiger partial charge >= 0.3 is 0 Å². The standard InChI is InChI=1S/C15H17N5O2S/c1-9-18-11(8-22-9)13(21)19-10-3-5-17-12(7-10)15(2)4-6-23-14(16)20-15/h3,5,7-8H,4,6H2,1-2H3,(H2,16,20)(H,17,19,21)/t15-/m0/s1. The summed E-state index contributed by atoms with van der Waals surface area (Å²) < 4.78 is 5.05. The Morgan fingerprint density at radius 1 is 1.52 bits per heavy atom. The molecule has 0 spiro atoms. The van der Waals surface area contributed by atoms with Gasteiger partial charge in [-0.3, -0.25) is 9.78 Å². The normalized spacial score (nSPS) is 20.9. The fraction of sp³-hybridized carbons (Fsp3) is 0.333. The summed E-state index contributed by atoms with van der Waals surface area (Å²) in [4.78, 5) is 25.1. The van der Waals surface area contributed by atoms with Gasteiger partial charge in [-0.05, 0) is 25.5 Å². The Kier molecular flexibility index (Phi) is 4.08. The van der Waals surface area contributed by atoms with Gasteiger partial charge in [0.1, 0.15) is 11.8 Å². The van der Waals surface area contributed by atoms with Crippen molar-refractivity contribution in [2.24, 2.45) is 10.7 Å². The van der Waals surface area contributed by atoms with E-state index >= 15 is 0 Å². The molecule has 0 aliphatic carbocycles. The lowest BCUT2D eigenvalue weighted by atomic mass is 9.94. The number of aliphatic imine (C=N–C) groups is 1. The second kappa shape index (κ2) is 6.04. The van der Waals surface area contributed by atoms with E-state index in [4.69, 9.17) is 10.2 Å². The first-order valence-electron chi connectivity index (χ1n) is 7.14. The summed E-state index contributed by atoms with van der Waals surface area (Å²) >= 11 is 1.54. The fourth-order valence-electron chi connectivity index (χ4n) is 2.34. The zero-order valence-corrected chi connectivity index (χ0v) is 13.7. The Morgan fingerprint density at radius 3 is 3.04 bits per heavy atom. The van der Waals surface area contributed by atoms with Crippen molar-refractivity contribution in [2.45, 2.75) is 25.8 Å². The number of hydrogen-bond donors (Lipinski definition) is 2. The van der Waals surface area contributed by atoms with Crippen molar-refractivity contribution in [3.63, 3.8) is 0 Å². The molecule has 0 radical (unpaired) electrons. The molecule has 3 heterocycles. The van der Waals surface area contributed by atoms with Gasteiger partial charge < -0.3 is 15.5 Å². The van der Waals surface area contributed by atoms with Crippen LogP contribution in [0.15, 0.2) is 34.0 Å².